The second kappa shape index (κ2) is 15.1. The van der Waals surface area contributed by atoms with Crippen molar-refractivity contribution >= 4 is 45.7 Å². The van der Waals surface area contributed by atoms with E-state index in [1.807, 2.05) is 23.6 Å². The minimum absolute atomic E-state index is 0.0107. The molecule has 12 nitrogen and oxygen atoms in total. The van der Waals surface area contributed by atoms with E-state index in [9.17, 15) is 22.8 Å². The second-order valence-electron chi connectivity index (χ2n) is 19.2. The molecule has 1 N–H and O–H groups in total. The van der Waals surface area contributed by atoms with Gasteiger partial charge < -0.3 is 14.8 Å². The molecule has 63 heavy (non-hydrogen) atoms. The minimum Gasteiger partial charge on any atom is -0.354 e. The van der Waals surface area contributed by atoms with Gasteiger partial charge in [-0.15, -0.1) is 0 Å². The molecule has 2 atom stereocenters. The third-order valence-corrected chi connectivity index (χ3v) is 13.9. The van der Waals surface area contributed by atoms with Crippen LogP contribution in [0.25, 0.3) is 27.9 Å². The number of aryl methyl sites for hydroxylation is 1. The molecule has 2 unspecified atom stereocenters. The molecule has 4 aliphatic rings. The zero-order valence-electron chi connectivity index (χ0n) is 35.6. The van der Waals surface area contributed by atoms with Crippen LogP contribution >= 0.6 is 11.6 Å². The van der Waals surface area contributed by atoms with Crippen LogP contribution < -0.4 is 11.0 Å². The van der Waals surface area contributed by atoms with Crippen molar-refractivity contribution in [3.63, 3.8) is 0 Å². The monoisotopic (exact) mass is 884 g/mol. The molecule has 5 aromatic heterocycles. The van der Waals surface area contributed by atoms with Crippen molar-refractivity contribution in [3.05, 3.63) is 104 Å². The van der Waals surface area contributed by atoms with E-state index in [-0.39, 0.29) is 73.3 Å². The van der Waals surface area contributed by atoms with Gasteiger partial charge in [0.05, 0.1) is 36.1 Å². The van der Waals surface area contributed by atoms with Gasteiger partial charge in [0, 0.05) is 65.6 Å². The highest BCUT2D eigenvalue weighted by Gasteiger charge is 2.64. The van der Waals surface area contributed by atoms with Crippen molar-refractivity contribution < 1.29 is 22.4 Å². The van der Waals surface area contributed by atoms with E-state index in [1.165, 1.54) is 12.3 Å². The number of anilines is 1. The number of hydrogen-bond donors (Lipinski definition) is 1. The lowest BCUT2D eigenvalue weighted by Gasteiger charge is -2.41. The number of halogens is 5. The summed E-state index contributed by atoms with van der Waals surface area (Å²) in [5.41, 5.74) is 3.20. The Morgan fingerprint density at radius 2 is 1.75 bits per heavy atom. The molecule has 3 aliphatic heterocycles. The Kier molecular flexibility index (Phi) is 10.0. The molecule has 1 amide bonds. The van der Waals surface area contributed by atoms with Gasteiger partial charge in [0.2, 0.25) is 5.95 Å². The molecule has 1 saturated carbocycles. The number of alkyl halides is 3. The van der Waals surface area contributed by atoms with Gasteiger partial charge in [0.1, 0.15) is 22.7 Å². The lowest BCUT2D eigenvalue weighted by Crippen LogP contribution is -2.49. The summed E-state index contributed by atoms with van der Waals surface area (Å²) in [7, 11) is 0. The Hall–Kier alpha value is -5.35. The largest absolute Gasteiger partial charge is 0.395 e. The topological polar surface area (TPSA) is 119 Å². The van der Waals surface area contributed by atoms with Crippen LogP contribution in [0.3, 0.4) is 0 Å². The van der Waals surface area contributed by atoms with Crippen molar-refractivity contribution in [2.75, 3.05) is 25.0 Å². The molecule has 2 bridgehead atoms. The van der Waals surface area contributed by atoms with Gasteiger partial charge in [-0.1, -0.05) is 38.4 Å². The van der Waals surface area contributed by atoms with Gasteiger partial charge in [-0.2, -0.15) is 18.2 Å². The number of hydrogen-bond acceptors (Lipinski definition) is 8. The second-order valence-corrected chi connectivity index (χ2v) is 19.6. The molecule has 10 rings (SSSR count). The molecule has 8 heterocycles. The molecule has 2 saturated heterocycles. The number of carbonyl (C=O) groups excluding carboxylic acids is 1. The number of pyridine rings is 2. The average molecular weight is 885 g/mol. The van der Waals surface area contributed by atoms with E-state index < -0.39 is 17.4 Å². The molecule has 330 valence electrons. The van der Waals surface area contributed by atoms with E-state index in [2.05, 4.69) is 41.0 Å². The van der Waals surface area contributed by atoms with Gasteiger partial charge in [-0.3, -0.25) is 18.8 Å². The molecule has 1 aliphatic carbocycles. The predicted octanol–water partition coefficient (Wildman–Crippen LogP) is 8.64. The van der Waals surface area contributed by atoms with Crippen LogP contribution in [0.1, 0.15) is 98.3 Å². The van der Waals surface area contributed by atoms with Crippen LogP contribution in [0, 0.1) is 23.6 Å². The van der Waals surface area contributed by atoms with Gasteiger partial charge in [-0.05, 0) is 99.2 Å². The molecule has 3 fully saturated rings. The van der Waals surface area contributed by atoms with Crippen molar-refractivity contribution in [1.82, 2.24) is 43.4 Å². The average Bonchev–Trinajstić information content (AvgIpc) is 3.84. The summed E-state index contributed by atoms with van der Waals surface area (Å²) in [4.78, 5) is 51.8. The summed E-state index contributed by atoms with van der Waals surface area (Å²) >= 11 is 6.05. The standard InChI is InChI=1S/C46H49ClF4N10O2/c1-26-38-40(56-42(55-26)54-24-44(2,3)4)61(32-19-29-9-10-30(20-32)59(29)25-45(14-15-45)46(49,50)51)43(63)60(38)31-11-12-36(53-21-31)41(62)57-17-13-33-34-6-5-16-52-39(34)58(37(33)23-57)22-27-7-8-28(47)18-35(27)48/h5-8,11-12,16,18,21,29-30,32H,9-10,13-15,17,19-20,22-25H2,1-4H3,(H,54,55,56). The number of benzene rings is 1. The molecule has 6 aromatic rings. The smallest absolute Gasteiger partial charge is 0.354 e. The fourth-order valence-electron chi connectivity index (χ4n) is 10.2. The zero-order chi connectivity index (χ0) is 44.2. The first-order chi connectivity index (χ1) is 30.0. The van der Waals surface area contributed by atoms with E-state index >= 15 is 4.39 Å². The first-order valence-corrected chi connectivity index (χ1v) is 22.1. The first-order valence-electron chi connectivity index (χ1n) is 21.7. The summed E-state index contributed by atoms with van der Waals surface area (Å²) in [5.74, 6) is -0.328. The predicted molar refractivity (Wildman–Crippen MR) is 232 cm³/mol. The van der Waals surface area contributed by atoms with E-state index in [0.717, 1.165) is 29.5 Å². The Labute approximate surface area is 366 Å². The van der Waals surface area contributed by atoms with Gasteiger partial charge in [0.25, 0.3) is 5.91 Å². The SMILES string of the molecule is Cc1nc(NCC(C)(C)C)nc2c1n(-c1ccc(C(=O)N3CCc4c(n(Cc5ccc(Cl)cc5F)c5ncccc45)C3)nc1)c(=O)n2C1CC2CCC(C1)N2CC1(C(F)(F)F)CC1. The zero-order valence-corrected chi connectivity index (χ0v) is 36.4. The Balaban J connectivity index is 0.960. The Morgan fingerprint density at radius 1 is 0.984 bits per heavy atom. The molecular formula is C46H49ClF4N10O2. The number of fused-ring (bicyclic) bond motifs is 6. The number of piperidine rings is 1. The molecule has 1 aromatic carbocycles. The minimum atomic E-state index is -4.23. The molecule has 0 radical (unpaired) electrons. The maximum Gasteiger partial charge on any atom is 0.395 e. The van der Waals surface area contributed by atoms with Crippen molar-refractivity contribution in [1.29, 1.82) is 0 Å². The third-order valence-electron chi connectivity index (χ3n) is 13.7. The summed E-state index contributed by atoms with van der Waals surface area (Å²) in [5, 5.41) is 4.61. The van der Waals surface area contributed by atoms with E-state index in [4.69, 9.17) is 21.6 Å². The van der Waals surface area contributed by atoms with Crippen LogP contribution in [0.5, 0.6) is 0 Å². The number of nitrogens with zero attached hydrogens (tertiary/aromatic N) is 9. The summed E-state index contributed by atoms with van der Waals surface area (Å²) in [6.07, 6.45) is 2.52. The summed E-state index contributed by atoms with van der Waals surface area (Å²) in [6.45, 7) is 9.62. The van der Waals surface area contributed by atoms with Crippen LogP contribution in [-0.4, -0.2) is 87.2 Å². The third kappa shape index (κ3) is 7.36. The van der Waals surface area contributed by atoms with E-state index in [0.29, 0.717) is 77.1 Å². The first kappa shape index (κ1) is 41.6. The van der Waals surface area contributed by atoms with Crippen molar-refractivity contribution in [2.24, 2.45) is 10.8 Å². The molecular weight excluding hydrogens is 836 g/mol. The lowest BCUT2D eigenvalue weighted by molar-refractivity contribution is -0.194. The quantitative estimate of drug-likeness (QED) is 0.144. The number of imidazole rings is 1. The van der Waals surface area contributed by atoms with E-state index in [1.54, 1.807) is 44.5 Å². The maximum absolute atomic E-state index is 15.0. The highest BCUT2D eigenvalue weighted by molar-refractivity contribution is 6.30. The van der Waals surface area contributed by atoms with Crippen LogP contribution in [-0.2, 0) is 19.5 Å². The number of aromatic nitrogens is 7. The Bertz CT molecular complexity index is 2830. The lowest BCUT2D eigenvalue weighted by atomic mass is 9.94. The van der Waals surface area contributed by atoms with Crippen LogP contribution in [0.4, 0.5) is 23.5 Å². The van der Waals surface area contributed by atoms with Gasteiger partial charge in [-0.25, -0.2) is 24.1 Å². The van der Waals surface area contributed by atoms with Gasteiger partial charge in [0.15, 0.2) is 5.65 Å². The number of carbonyl (C=O) groups is 1. The van der Waals surface area contributed by atoms with Crippen molar-refractivity contribution in [3.8, 4) is 5.69 Å². The fourth-order valence-corrected chi connectivity index (χ4v) is 10.4. The molecule has 17 heteroatoms. The highest BCUT2D eigenvalue weighted by Crippen LogP contribution is 2.59. The number of rotatable bonds is 9. The summed E-state index contributed by atoms with van der Waals surface area (Å²) < 4.78 is 62.5. The maximum atomic E-state index is 15.0. The fraction of sp³-hybridized carbons (Fsp3) is 0.478. The number of amides is 1. The van der Waals surface area contributed by atoms with Crippen LogP contribution in [0.15, 0.2) is 59.7 Å². The van der Waals surface area contributed by atoms with Crippen molar-refractivity contribution in [2.45, 2.75) is 110 Å². The normalized spacial score (nSPS) is 21.0. The Morgan fingerprint density at radius 3 is 2.41 bits per heavy atom. The molecule has 0 spiro atoms. The number of nitrogens with one attached hydrogen (secondary N) is 1. The van der Waals surface area contributed by atoms with Gasteiger partial charge >= 0.3 is 11.9 Å². The summed E-state index contributed by atoms with van der Waals surface area (Å²) in [6, 6.07) is 11.3. The van der Waals surface area contributed by atoms with Crippen LogP contribution in [0.2, 0.25) is 5.02 Å². The highest BCUT2D eigenvalue weighted by atomic mass is 35.5.